The summed E-state index contributed by atoms with van der Waals surface area (Å²) in [6.45, 7) is 0. The molecule has 0 spiro atoms. The molecule has 1 amide bonds. The fourth-order valence-electron chi connectivity index (χ4n) is 2.56. The van der Waals surface area contributed by atoms with Gasteiger partial charge in [0.2, 0.25) is 0 Å². The summed E-state index contributed by atoms with van der Waals surface area (Å²) in [6.07, 6.45) is 5.72. The minimum absolute atomic E-state index is 0.131. The molecule has 1 N–H and O–H groups in total. The van der Waals surface area contributed by atoms with Gasteiger partial charge in [-0.15, -0.1) is 0 Å². The Bertz CT molecular complexity index is 603. The fraction of sp³-hybridized carbons (Fsp3) is 0.538. The zero-order chi connectivity index (χ0) is 14.8. The van der Waals surface area contributed by atoms with Gasteiger partial charge in [0.25, 0.3) is 5.91 Å². The Morgan fingerprint density at radius 3 is 2.75 bits per heavy atom. The van der Waals surface area contributed by atoms with E-state index in [9.17, 15) is 13.2 Å². The number of rotatable bonds is 3. The average molecular weight is 317 g/mol. The van der Waals surface area contributed by atoms with E-state index in [1.807, 2.05) is 0 Å². The van der Waals surface area contributed by atoms with Gasteiger partial charge in [0.05, 0.1) is 10.3 Å². The largest absolute Gasteiger partial charge is 0.347 e. The summed E-state index contributed by atoms with van der Waals surface area (Å²) in [4.78, 5) is 16.1. The van der Waals surface area contributed by atoms with Crippen molar-refractivity contribution >= 4 is 27.3 Å². The number of hydrogen-bond acceptors (Lipinski definition) is 4. The second-order valence-electron chi connectivity index (χ2n) is 5.07. The van der Waals surface area contributed by atoms with E-state index >= 15 is 0 Å². The molecule has 0 saturated heterocycles. The van der Waals surface area contributed by atoms with Crippen LogP contribution in [0.1, 0.15) is 36.2 Å². The molecule has 7 heteroatoms. The topological polar surface area (TPSA) is 76.1 Å². The molecule has 0 aliphatic heterocycles. The molecule has 110 valence electrons. The summed E-state index contributed by atoms with van der Waals surface area (Å²) in [7, 11) is -3.18. The summed E-state index contributed by atoms with van der Waals surface area (Å²) in [6, 6.07) is 2.85. The summed E-state index contributed by atoms with van der Waals surface area (Å²) < 4.78 is 23.6. The summed E-state index contributed by atoms with van der Waals surface area (Å²) in [5.41, 5.74) is 0.131. The van der Waals surface area contributed by atoms with Crippen LogP contribution >= 0.6 is 11.6 Å². The number of amides is 1. The number of aromatic nitrogens is 1. The third-order valence-corrected chi connectivity index (χ3v) is 5.51. The molecule has 1 heterocycles. The Morgan fingerprint density at radius 2 is 2.10 bits per heavy atom. The molecule has 0 radical (unpaired) electrons. The molecule has 0 bridgehead atoms. The fourth-order valence-corrected chi connectivity index (χ4v) is 4.17. The van der Waals surface area contributed by atoms with E-state index in [1.54, 1.807) is 12.1 Å². The average Bonchev–Trinajstić information content (AvgIpc) is 2.38. The van der Waals surface area contributed by atoms with Crippen molar-refractivity contribution < 1.29 is 13.2 Å². The molecule has 1 aliphatic rings. The maximum absolute atomic E-state index is 12.2. The molecular formula is C13H17ClN2O3S. The highest BCUT2D eigenvalue weighted by molar-refractivity contribution is 7.91. The zero-order valence-corrected chi connectivity index (χ0v) is 12.7. The Morgan fingerprint density at radius 1 is 1.40 bits per heavy atom. The van der Waals surface area contributed by atoms with Crippen molar-refractivity contribution in [3.05, 3.63) is 29.0 Å². The number of sulfone groups is 1. The van der Waals surface area contributed by atoms with Crippen molar-refractivity contribution in [2.75, 3.05) is 6.26 Å². The molecule has 5 nitrogen and oxygen atoms in total. The first-order chi connectivity index (χ1) is 9.39. The lowest BCUT2D eigenvalue weighted by Gasteiger charge is -2.30. The molecular weight excluding hydrogens is 300 g/mol. The first-order valence-electron chi connectivity index (χ1n) is 6.50. The predicted molar refractivity (Wildman–Crippen MR) is 77.6 cm³/mol. The monoisotopic (exact) mass is 316 g/mol. The van der Waals surface area contributed by atoms with Gasteiger partial charge >= 0.3 is 0 Å². The molecule has 1 aromatic rings. The number of hydrogen-bond donors (Lipinski definition) is 1. The molecule has 0 aromatic carbocycles. The van der Waals surface area contributed by atoms with Gasteiger partial charge in [-0.2, -0.15) is 0 Å². The minimum Gasteiger partial charge on any atom is -0.347 e. The van der Waals surface area contributed by atoms with E-state index in [-0.39, 0.29) is 16.8 Å². The third kappa shape index (κ3) is 3.49. The molecule has 1 aromatic heterocycles. The predicted octanol–water partition coefficient (Wildman–Crippen LogP) is 1.82. The lowest BCUT2D eigenvalue weighted by molar-refractivity contribution is 0.0924. The van der Waals surface area contributed by atoms with Crippen LogP contribution in [0.15, 0.2) is 18.3 Å². The van der Waals surface area contributed by atoms with E-state index in [0.29, 0.717) is 12.8 Å². The molecule has 2 atom stereocenters. The molecule has 1 aliphatic carbocycles. The van der Waals surface area contributed by atoms with E-state index in [0.717, 1.165) is 12.8 Å². The Balaban J connectivity index is 2.15. The molecule has 2 rings (SSSR count). The molecule has 20 heavy (non-hydrogen) atoms. The lowest BCUT2D eigenvalue weighted by Crippen LogP contribution is -2.48. The highest BCUT2D eigenvalue weighted by Crippen LogP contribution is 2.24. The van der Waals surface area contributed by atoms with Crippen LogP contribution in [0, 0.1) is 0 Å². The van der Waals surface area contributed by atoms with Crippen molar-refractivity contribution in [1.82, 2.24) is 10.3 Å². The van der Waals surface area contributed by atoms with Crippen LogP contribution in [0.5, 0.6) is 0 Å². The van der Waals surface area contributed by atoms with Gasteiger partial charge in [-0.3, -0.25) is 4.79 Å². The van der Waals surface area contributed by atoms with Crippen LogP contribution in [0.25, 0.3) is 0 Å². The highest BCUT2D eigenvalue weighted by Gasteiger charge is 2.34. The van der Waals surface area contributed by atoms with Crippen LogP contribution < -0.4 is 5.32 Å². The van der Waals surface area contributed by atoms with E-state index in [1.165, 1.54) is 12.5 Å². The van der Waals surface area contributed by atoms with Crippen molar-refractivity contribution in [3.63, 3.8) is 0 Å². The number of carbonyl (C=O) groups excluding carboxylic acids is 1. The van der Waals surface area contributed by atoms with Gasteiger partial charge < -0.3 is 5.32 Å². The molecule has 0 unspecified atom stereocenters. The number of nitrogens with one attached hydrogen (secondary N) is 1. The van der Waals surface area contributed by atoms with E-state index in [2.05, 4.69) is 10.3 Å². The number of carbonyl (C=O) groups is 1. The third-order valence-electron chi connectivity index (χ3n) is 3.54. The standard InChI is InChI=1S/C13H17ClN2O3S/c1-20(18,19)11-7-3-2-6-10(11)16-13(17)12-9(14)5-4-8-15-12/h4-5,8,10-11H,2-3,6-7H2,1H3,(H,16,17)/t10-,11-/m1/s1. The Hall–Kier alpha value is -1.14. The summed E-state index contributed by atoms with van der Waals surface area (Å²) >= 11 is 5.92. The van der Waals surface area contributed by atoms with Crippen molar-refractivity contribution in [3.8, 4) is 0 Å². The number of halogens is 1. The van der Waals surface area contributed by atoms with Crippen molar-refractivity contribution in [2.45, 2.75) is 37.0 Å². The van der Waals surface area contributed by atoms with Crippen LogP contribution in [0.2, 0.25) is 5.02 Å². The summed E-state index contributed by atoms with van der Waals surface area (Å²) in [5, 5.41) is 2.50. The highest BCUT2D eigenvalue weighted by atomic mass is 35.5. The number of nitrogens with zero attached hydrogens (tertiary/aromatic N) is 1. The SMILES string of the molecule is CS(=O)(=O)[C@@H]1CCCC[C@H]1NC(=O)c1ncccc1Cl. The lowest BCUT2D eigenvalue weighted by atomic mass is 9.94. The van der Waals surface area contributed by atoms with Crippen LogP contribution in [-0.4, -0.2) is 36.9 Å². The van der Waals surface area contributed by atoms with E-state index < -0.39 is 21.0 Å². The first-order valence-corrected chi connectivity index (χ1v) is 8.83. The molecule has 1 fully saturated rings. The van der Waals surface area contributed by atoms with Crippen LogP contribution in [-0.2, 0) is 9.84 Å². The Labute approximate surface area is 123 Å². The van der Waals surface area contributed by atoms with Gasteiger partial charge in [0.15, 0.2) is 9.84 Å². The van der Waals surface area contributed by atoms with Crippen LogP contribution in [0.3, 0.4) is 0 Å². The van der Waals surface area contributed by atoms with Gasteiger partial charge in [0.1, 0.15) is 5.69 Å². The van der Waals surface area contributed by atoms with Gasteiger partial charge in [-0.1, -0.05) is 24.4 Å². The Kier molecular flexibility index (Phi) is 4.65. The second-order valence-corrected chi connectivity index (χ2v) is 7.74. The zero-order valence-electron chi connectivity index (χ0n) is 11.2. The van der Waals surface area contributed by atoms with Gasteiger partial charge in [-0.05, 0) is 25.0 Å². The molecule has 1 saturated carbocycles. The maximum atomic E-state index is 12.2. The normalized spacial score (nSPS) is 23.3. The second kappa shape index (κ2) is 6.10. The van der Waals surface area contributed by atoms with Crippen LogP contribution in [0.4, 0.5) is 0 Å². The van der Waals surface area contributed by atoms with Crippen molar-refractivity contribution in [2.24, 2.45) is 0 Å². The number of pyridine rings is 1. The maximum Gasteiger partial charge on any atom is 0.271 e. The van der Waals surface area contributed by atoms with Crippen molar-refractivity contribution in [1.29, 1.82) is 0 Å². The summed E-state index contributed by atoms with van der Waals surface area (Å²) in [5.74, 6) is -0.420. The van der Waals surface area contributed by atoms with Gasteiger partial charge in [-0.25, -0.2) is 13.4 Å². The van der Waals surface area contributed by atoms with E-state index in [4.69, 9.17) is 11.6 Å². The van der Waals surface area contributed by atoms with Gasteiger partial charge in [0, 0.05) is 18.5 Å². The quantitative estimate of drug-likeness (QED) is 0.923. The first kappa shape index (κ1) is 15.3. The minimum atomic E-state index is -3.18. The smallest absolute Gasteiger partial charge is 0.271 e.